The molecule has 163 valence electrons. The molecule has 0 aliphatic heterocycles. The molecule has 1 radical (unpaired) electrons. The Bertz CT molecular complexity index is 1020. The minimum atomic E-state index is -3.70. The molecule has 1 atom stereocenters. The Labute approximate surface area is 173 Å². The van der Waals surface area contributed by atoms with Crippen LogP contribution in [0.25, 0.3) is 11.2 Å². The van der Waals surface area contributed by atoms with Gasteiger partial charge in [0.2, 0.25) is 18.6 Å². The highest BCUT2D eigenvalue weighted by Crippen LogP contribution is 2.55. The maximum absolute atomic E-state index is 12.7. The van der Waals surface area contributed by atoms with E-state index < -0.39 is 25.8 Å². The van der Waals surface area contributed by atoms with E-state index in [4.69, 9.17) is 19.5 Å². The van der Waals surface area contributed by atoms with Gasteiger partial charge in [-0.05, 0) is 33.6 Å². The zero-order valence-corrected chi connectivity index (χ0v) is 18.0. The fourth-order valence-corrected chi connectivity index (χ4v) is 3.63. The third-order valence-electron chi connectivity index (χ3n) is 4.67. The number of carbonyl (C=O) groups excluding carboxylic acids is 1. The van der Waals surface area contributed by atoms with Crippen LogP contribution in [0.1, 0.15) is 33.6 Å². The molecule has 0 amide bonds. The van der Waals surface area contributed by atoms with Crippen molar-refractivity contribution in [1.29, 1.82) is 0 Å². The number of nitrogen functional groups attached to an aromatic ring is 1. The number of aromatic nitrogens is 4. The molecule has 12 heteroatoms. The molecule has 0 bridgehead atoms. The van der Waals surface area contributed by atoms with E-state index in [1.165, 1.54) is 12.1 Å². The van der Waals surface area contributed by atoms with Crippen LogP contribution in [0.5, 0.6) is 5.88 Å². The molecule has 1 aliphatic rings. The summed E-state index contributed by atoms with van der Waals surface area (Å²) in [6.07, 6.45) is 4.92. The fourth-order valence-electron chi connectivity index (χ4n) is 2.68. The molecule has 2 heterocycles. The summed E-state index contributed by atoms with van der Waals surface area (Å²) < 4.78 is 29.4. The van der Waals surface area contributed by atoms with Gasteiger partial charge in [-0.15, -0.1) is 0 Å². The van der Waals surface area contributed by atoms with Gasteiger partial charge in [0.15, 0.2) is 11.2 Å². The van der Waals surface area contributed by atoms with Crippen molar-refractivity contribution in [3.63, 3.8) is 0 Å². The Hall–Kier alpha value is -2.49. The molecule has 1 saturated carbocycles. The van der Waals surface area contributed by atoms with Gasteiger partial charge < -0.3 is 24.7 Å². The maximum atomic E-state index is 12.7. The normalized spacial score (nSPS) is 17.9. The molecule has 11 nitrogen and oxygen atoms in total. The second kappa shape index (κ2) is 7.98. The Balaban J connectivity index is 1.68. The van der Waals surface area contributed by atoms with Crippen molar-refractivity contribution in [1.82, 2.24) is 19.5 Å². The largest absolute Gasteiger partial charge is 0.492 e. The number of esters is 1. The van der Waals surface area contributed by atoms with Crippen molar-refractivity contribution in [2.45, 2.75) is 40.2 Å². The summed E-state index contributed by atoms with van der Waals surface area (Å²) in [7, 11) is -0.491. The average molecular weight is 438 g/mol. The minimum absolute atomic E-state index is 0.0599. The van der Waals surface area contributed by atoms with Crippen molar-refractivity contribution in [3.05, 3.63) is 25.3 Å². The van der Waals surface area contributed by atoms with Crippen molar-refractivity contribution in [2.75, 3.05) is 12.5 Å². The zero-order valence-electron chi connectivity index (χ0n) is 17.1. The number of nitrogens with zero attached hydrogens (tertiary/aromatic N) is 4. The Morgan fingerprint density at radius 3 is 2.73 bits per heavy atom. The lowest BCUT2D eigenvalue weighted by Crippen LogP contribution is -2.23. The van der Waals surface area contributed by atoms with Gasteiger partial charge in [-0.25, -0.2) is 4.98 Å². The number of carbonyl (C=O) groups is 1. The van der Waals surface area contributed by atoms with Gasteiger partial charge in [0.1, 0.15) is 0 Å². The summed E-state index contributed by atoms with van der Waals surface area (Å²) in [6, 6.07) is 0. The number of rotatable bonds is 8. The fraction of sp³-hybridized carbons (Fsp3) is 0.500. The quantitative estimate of drug-likeness (QED) is 0.357. The van der Waals surface area contributed by atoms with Crippen LogP contribution in [-0.4, -0.2) is 37.4 Å². The second-order valence-electron chi connectivity index (χ2n) is 8.23. The van der Waals surface area contributed by atoms with Crippen molar-refractivity contribution in [2.24, 2.45) is 10.8 Å². The number of ether oxygens (including phenoxy) is 1. The summed E-state index contributed by atoms with van der Waals surface area (Å²) in [5.41, 5.74) is 5.24. The number of aromatic hydroxyl groups is 1. The van der Waals surface area contributed by atoms with Crippen LogP contribution in [0.2, 0.25) is 0 Å². The Kier molecular flexibility index (Phi) is 5.90. The van der Waals surface area contributed by atoms with Gasteiger partial charge in [-0.1, -0.05) is 6.08 Å². The lowest BCUT2D eigenvalue weighted by Gasteiger charge is -2.18. The third-order valence-corrected chi connectivity index (χ3v) is 6.01. The van der Waals surface area contributed by atoms with E-state index in [2.05, 4.69) is 22.1 Å². The molecule has 0 spiro atoms. The van der Waals surface area contributed by atoms with Crippen molar-refractivity contribution >= 4 is 30.7 Å². The van der Waals surface area contributed by atoms with Crippen LogP contribution >= 0.6 is 7.60 Å². The van der Waals surface area contributed by atoms with E-state index in [1.807, 2.05) is 0 Å². The Morgan fingerprint density at radius 1 is 1.43 bits per heavy atom. The minimum Gasteiger partial charge on any atom is -0.492 e. The lowest BCUT2D eigenvalue weighted by atomic mass is 9.98. The Morgan fingerprint density at radius 2 is 2.13 bits per heavy atom. The number of anilines is 1. The summed E-state index contributed by atoms with van der Waals surface area (Å²) in [5, 5.41) is 9.86. The van der Waals surface area contributed by atoms with E-state index in [-0.39, 0.29) is 22.8 Å². The predicted molar refractivity (Wildman–Crippen MR) is 108 cm³/mol. The van der Waals surface area contributed by atoms with E-state index in [0.717, 1.165) is 12.8 Å². The highest BCUT2D eigenvalue weighted by molar-refractivity contribution is 7.57. The van der Waals surface area contributed by atoms with E-state index in [0.29, 0.717) is 12.2 Å². The molecule has 3 N–H and O–H groups in total. The van der Waals surface area contributed by atoms with E-state index in [1.54, 1.807) is 31.4 Å². The molecular formula is C18H25N5O6P. The van der Waals surface area contributed by atoms with E-state index in [9.17, 15) is 14.5 Å². The van der Waals surface area contributed by atoms with Gasteiger partial charge in [0.25, 0.3) is 0 Å². The smallest absolute Gasteiger partial charge is 0.356 e. The molecule has 30 heavy (non-hydrogen) atoms. The number of allylic oxidation sites excluding steroid dienone is 1. The highest BCUT2D eigenvalue weighted by Gasteiger charge is 2.42. The monoisotopic (exact) mass is 438 g/mol. The van der Waals surface area contributed by atoms with Crippen molar-refractivity contribution < 1.29 is 28.3 Å². The zero-order chi connectivity index (χ0) is 22.2. The first-order valence-corrected chi connectivity index (χ1v) is 10.8. The molecule has 3 rings (SSSR count). The van der Waals surface area contributed by atoms with Crippen LogP contribution in [0, 0.1) is 17.9 Å². The SMILES string of the molecule is [CH2]OP(=O)(/C=C/C1(Cn2cnc3c(O)nc(N)nc32)CC1)OCOC(=O)C(C)(C)C. The van der Waals surface area contributed by atoms with Crippen LogP contribution in [0.3, 0.4) is 0 Å². The standard InChI is InChI=1S/C18H25N5O6P/c1-17(2,3)15(25)28-11-29-30(26,27-4)8-7-18(5-6-18)9-23-10-20-12-13(23)21-16(19)22-14(12)24/h7-8,10H,4-6,9,11H2,1-3H3,(H3,19,21,22,24)/b8-7+. The molecule has 2 aromatic heterocycles. The summed E-state index contributed by atoms with van der Waals surface area (Å²) >= 11 is 0. The van der Waals surface area contributed by atoms with Crippen LogP contribution in [0.15, 0.2) is 18.2 Å². The van der Waals surface area contributed by atoms with Crippen molar-refractivity contribution in [3.8, 4) is 5.88 Å². The van der Waals surface area contributed by atoms with Crippen LogP contribution in [-0.2, 0) is 29.7 Å². The molecule has 0 aromatic carbocycles. The third kappa shape index (κ3) is 4.97. The van der Waals surface area contributed by atoms with Gasteiger partial charge in [0, 0.05) is 17.8 Å². The van der Waals surface area contributed by atoms with E-state index >= 15 is 0 Å². The second-order valence-corrected chi connectivity index (χ2v) is 10.1. The number of fused-ring (bicyclic) bond motifs is 1. The van der Waals surface area contributed by atoms with Crippen LogP contribution < -0.4 is 5.73 Å². The topological polar surface area (TPSA) is 152 Å². The molecule has 1 aliphatic carbocycles. The molecule has 0 saturated heterocycles. The number of nitrogens with two attached hydrogens (primary N) is 1. The van der Waals surface area contributed by atoms with Crippen LogP contribution in [0.4, 0.5) is 5.95 Å². The predicted octanol–water partition coefficient (Wildman–Crippen LogP) is 2.97. The highest BCUT2D eigenvalue weighted by atomic mass is 31.2. The first-order valence-electron chi connectivity index (χ1n) is 9.20. The first kappa shape index (κ1) is 22.2. The summed E-state index contributed by atoms with van der Waals surface area (Å²) in [4.78, 5) is 23.7. The summed E-state index contributed by atoms with van der Waals surface area (Å²) in [6.45, 7) is 5.04. The van der Waals surface area contributed by atoms with Gasteiger partial charge in [0.05, 0.1) is 18.9 Å². The maximum Gasteiger partial charge on any atom is 0.356 e. The van der Waals surface area contributed by atoms with Gasteiger partial charge >= 0.3 is 13.6 Å². The average Bonchev–Trinajstić information content (AvgIpc) is 3.32. The lowest BCUT2D eigenvalue weighted by molar-refractivity contribution is -0.159. The summed E-state index contributed by atoms with van der Waals surface area (Å²) in [5.74, 6) is 0.482. The molecule has 2 aromatic rings. The number of hydrogen-bond donors (Lipinski definition) is 2. The molecule has 1 fully saturated rings. The van der Waals surface area contributed by atoms with Gasteiger partial charge in [-0.3, -0.25) is 13.9 Å². The van der Waals surface area contributed by atoms with Gasteiger partial charge in [-0.2, -0.15) is 9.97 Å². The first-order chi connectivity index (χ1) is 14.0. The molecular weight excluding hydrogens is 413 g/mol. The number of hydrogen-bond acceptors (Lipinski definition) is 10. The number of imidazole rings is 1. The molecule has 1 unspecified atom stereocenters.